The molecule has 4 rings (SSSR count). The molecule has 150 valence electrons. The van der Waals surface area contributed by atoms with Crippen molar-refractivity contribution in [1.29, 1.82) is 0 Å². The Kier molecular flexibility index (Phi) is 6.10. The molecule has 0 aliphatic rings. The number of pyridine rings is 1. The van der Waals surface area contributed by atoms with E-state index in [1.54, 1.807) is 12.3 Å². The summed E-state index contributed by atoms with van der Waals surface area (Å²) in [6.45, 7) is 1.21. The van der Waals surface area contributed by atoms with E-state index in [1.165, 1.54) is 6.07 Å². The summed E-state index contributed by atoms with van der Waals surface area (Å²) in [7, 11) is 0. The van der Waals surface area contributed by atoms with Crippen LogP contribution >= 0.6 is 15.9 Å². The van der Waals surface area contributed by atoms with Crippen molar-refractivity contribution in [2.75, 3.05) is 0 Å². The lowest BCUT2D eigenvalue weighted by atomic mass is 10.1. The van der Waals surface area contributed by atoms with Gasteiger partial charge in [-0.15, -0.1) is 0 Å². The highest BCUT2D eigenvalue weighted by atomic mass is 79.9. The van der Waals surface area contributed by atoms with E-state index < -0.39 is 0 Å². The van der Waals surface area contributed by atoms with Crippen LogP contribution in [0.15, 0.2) is 100 Å². The Bertz CT molecular complexity index is 1180. The van der Waals surface area contributed by atoms with Crippen LogP contribution in [-0.2, 0) is 24.4 Å². The first-order valence-electron chi connectivity index (χ1n) is 9.74. The molecule has 1 amide bonds. The topological polar surface area (TPSA) is 42.3 Å². The van der Waals surface area contributed by atoms with Crippen molar-refractivity contribution in [2.24, 2.45) is 0 Å². The number of benzene rings is 3. The summed E-state index contributed by atoms with van der Waals surface area (Å²) in [6.07, 6.45) is 1.69. The van der Waals surface area contributed by atoms with Crippen LogP contribution in [0.2, 0.25) is 0 Å². The average molecular weight is 461 g/mol. The number of rotatable bonds is 6. The molecule has 0 saturated carbocycles. The Balaban J connectivity index is 1.65. The van der Waals surface area contributed by atoms with Gasteiger partial charge in [0.05, 0.1) is 5.52 Å². The van der Waals surface area contributed by atoms with E-state index in [-0.39, 0.29) is 17.9 Å². The molecule has 5 heteroatoms. The lowest BCUT2D eigenvalue weighted by Crippen LogP contribution is -2.33. The first kappa shape index (κ1) is 20.1. The number of nitrogens with zero attached hydrogens (tertiary/aromatic N) is 2. The Labute approximate surface area is 183 Å². The number of halogens is 1. The van der Waals surface area contributed by atoms with Gasteiger partial charge < -0.3 is 9.47 Å². The molecule has 0 radical (unpaired) electrons. The van der Waals surface area contributed by atoms with Crippen molar-refractivity contribution < 1.29 is 4.79 Å². The lowest BCUT2D eigenvalue weighted by Gasteiger charge is -2.24. The molecule has 3 aromatic carbocycles. The standard InChI is InChI=1S/C25H21BrN2O2/c26-21-11-12-22-23(15-21)27(14-13-24(22)29)18-25(30)28(16-19-7-3-1-4-8-19)17-20-9-5-2-6-10-20/h1-15H,16-18H2. The molecule has 1 heterocycles. The zero-order valence-corrected chi connectivity index (χ0v) is 18.0. The molecule has 1 aromatic heterocycles. The summed E-state index contributed by atoms with van der Waals surface area (Å²) in [5.74, 6) is -0.00682. The van der Waals surface area contributed by atoms with Gasteiger partial charge in [0.1, 0.15) is 6.54 Å². The van der Waals surface area contributed by atoms with Crippen LogP contribution in [-0.4, -0.2) is 15.4 Å². The first-order chi connectivity index (χ1) is 14.6. The molecule has 30 heavy (non-hydrogen) atoms. The number of amides is 1. The van der Waals surface area contributed by atoms with E-state index in [4.69, 9.17) is 0 Å². The van der Waals surface area contributed by atoms with E-state index in [1.807, 2.05) is 82.3 Å². The highest BCUT2D eigenvalue weighted by Gasteiger charge is 2.16. The predicted molar refractivity (Wildman–Crippen MR) is 123 cm³/mol. The molecule has 0 aliphatic carbocycles. The van der Waals surface area contributed by atoms with Crippen molar-refractivity contribution in [3.05, 3.63) is 117 Å². The van der Waals surface area contributed by atoms with E-state index in [0.29, 0.717) is 18.5 Å². The minimum absolute atomic E-state index is 0.00682. The van der Waals surface area contributed by atoms with E-state index >= 15 is 0 Å². The quantitative estimate of drug-likeness (QED) is 0.406. The molecule has 0 fully saturated rings. The maximum atomic E-state index is 13.4. The molecule has 0 bridgehead atoms. The second-order valence-electron chi connectivity index (χ2n) is 7.19. The minimum Gasteiger partial charge on any atom is -0.338 e. The number of carbonyl (C=O) groups is 1. The normalized spacial score (nSPS) is 10.8. The second-order valence-corrected chi connectivity index (χ2v) is 8.11. The largest absolute Gasteiger partial charge is 0.338 e. The fraction of sp³-hybridized carbons (Fsp3) is 0.120. The third kappa shape index (κ3) is 4.69. The highest BCUT2D eigenvalue weighted by molar-refractivity contribution is 9.10. The summed E-state index contributed by atoms with van der Waals surface area (Å²) in [4.78, 5) is 27.4. The molecule has 0 N–H and O–H groups in total. The molecule has 4 nitrogen and oxygen atoms in total. The zero-order valence-electron chi connectivity index (χ0n) is 16.4. The Morgan fingerprint density at radius 1 is 0.833 bits per heavy atom. The summed E-state index contributed by atoms with van der Waals surface area (Å²) < 4.78 is 2.71. The van der Waals surface area contributed by atoms with Gasteiger partial charge in [0.15, 0.2) is 5.43 Å². The fourth-order valence-corrected chi connectivity index (χ4v) is 3.85. The van der Waals surface area contributed by atoms with E-state index in [0.717, 1.165) is 21.1 Å². The number of hydrogen-bond donors (Lipinski definition) is 0. The van der Waals surface area contributed by atoms with Crippen LogP contribution < -0.4 is 5.43 Å². The average Bonchev–Trinajstić information content (AvgIpc) is 2.76. The maximum Gasteiger partial charge on any atom is 0.243 e. The predicted octanol–water partition coefficient (Wildman–Crippen LogP) is 4.99. The smallest absolute Gasteiger partial charge is 0.243 e. The van der Waals surface area contributed by atoms with Gasteiger partial charge >= 0.3 is 0 Å². The SMILES string of the molecule is O=C(Cn1ccc(=O)c2ccc(Br)cc21)N(Cc1ccccc1)Cc1ccccc1. The third-order valence-corrected chi connectivity index (χ3v) is 5.52. The number of fused-ring (bicyclic) bond motifs is 1. The summed E-state index contributed by atoms with van der Waals surface area (Å²) in [5.41, 5.74) is 2.85. The molecule has 0 aliphatic heterocycles. The first-order valence-corrected chi connectivity index (χ1v) is 10.5. The molecule has 0 saturated heterocycles. The van der Waals surface area contributed by atoms with Gasteiger partial charge in [-0.3, -0.25) is 9.59 Å². The molecular formula is C25H21BrN2O2. The van der Waals surface area contributed by atoms with Gasteiger partial charge in [-0.05, 0) is 29.3 Å². The summed E-state index contributed by atoms with van der Waals surface area (Å²) in [6, 6.07) is 27.0. The van der Waals surface area contributed by atoms with Gasteiger partial charge in [-0.1, -0.05) is 76.6 Å². The van der Waals surface area contributed by atoms with Crippen LogP contribution in [0.1, 0.15) is 11.1 Å². The van der Waals surface area contributed by atoms with Gasteiger partial charge in [-0.2, -0.15) is 0 Å². The van der Waals surface area contributed by atoms with E-state index in [2.05, 4.69) is 15.9 Å². The van der Waals surface area contributed by atoms with Gasteiger partial charge in [0.25, 0.3) is 0 Å². The number of aromatic nitrogens is 1. The van der Waals surface area contributed by atoms with Gasteiger partial charge in [-0.25, -0.2) is 0 Å². The maximum absolute atomic E-state index is 13.4. The molecule has 4 aromatic rings. The zero-order chi connectivity index (χ0) is 20.9. The Morgan fingerprint density at radius 2 is 1.43 bits per heavy atom. The van der Waals surface area contributed by atoms with Gasteiger partial charge in [0.2, 0.25) is 5.91 Å². The Morgan fingerprint density at radius 3 is 2.03 bits per heavy atom. The molecule has 0 unspecified atom stereocenters. The van der Waals surface area contributed by atoms with Crippen molar-refractivity contribution >= 4 is 32.7 Å². The third-order valence-electron chi connectivity index (χ3n) is 5.03. The Hall–Kier alpha value is -3.18. The molecule has 0 spiro atoms. The van der Waals surface area contributed by atoms with Crippen LogP contribution in [0, 0.1) is 0 Å². The van der Waals surface area contributed by atoms with Crippen LogP contribution in [0.4, 0.5) is 0 Å². The summed E-state index contributed by atoms with van der Waals surface area (Å²) >= 11 is 3.46. The van der Waals surface area contributed by atoms with Crippen LogP contribution in [0.5, 0.6) is 0 Å². The van der Waals surface area contributed by atoms with Crippen molar-refractivity contribution in [3.63, 3.8) is 0 Å². The summed E-state index contributed by atoms with van der Waals surface area (Å²) in [5, 5.41) is 0.603. The minimum atomic E-state index is -0.0494. The van der Waals surface area contributed by atoms with Crippen LogP contribution in [0.25, 0.3) is 10.9 Å². The number of hydrogen-bond acceptors (Lipinski definition) is 2. The highest BCUT2D eigenvalue weighted by Crippen LogP contribution is 2.18. The van der Waals surface area contributed by atoms with Gasteiger partial charge in [0, 0.05) is 35.2 Å². The van der Waals surface area contributed by atoms with Crippen LogP contribution in [0.3, 0.4) is 0 Å². The monoisotopic (exact) mass is 460 g/mol. The van der Waals surface area contributed by atoms with Crippen molar-refractivity contribution in [2.45, 2.75) is 19.6 Å². The molecule has 0 atom stereocenters. The van der Waals surface area contributed by atoms with E-state index in [9.17, 15) is 9.59 Å². The molecular weight excluding hydrogens is 440 g/mol. The number of carbonyl (C=O) groups excluding carboxylic acids is 1. The lowest BCUT2D eigenvalue weighted by molar-refractivity contribution is -0.133. The van der Waals surface area contributed by atoms with Crippen molar-refractivity contribution in [1.82, 2.24) is 9.47 Å². The second kappa shape index (κ2) is 9.09. The van der Waals surface area contributed by atoms with Crippen molar-refractivity contribution in [3.8, 4) is 0 Å². The fourth-order valence-electron chi connectivity index (χ4n) is 3.50.